The van der Waals surface area contributed by atoms with Crippen LogP contribution in [0.3, 0.4) is 0 Å². The van der Waals surface area contributed by atoms with Crippen molar-refractivity contribution in [1.29, 1.82) is 0 Å². The third kappa shape index (κ3) is 3.51. The smallest absolute Gasteiger partial charge is 0.255 e. The Morgan fingerprint density at radius 2 is 1.95 bits per heavy atom. The highest BCUT2D eigenvalue weighted by Gasteiger charge is 2.16. The Bertz CT molecular complexity index is 510. The van der Waals surface area contributed by atoms with E-state index in [2.05, 4.69) is 32.2 Å². The summed E-state index contributed by atoms with van der Waals surface area (Å²) >= 11 is 0. The zero-order chi connectivity index (χ0) is 14.7. The zero-order valence-electron chi connectivity index (χ0n) is 13.3. The minimum absolute atomic E-state index is 0.196. The largest absolute Gasteiger partial charge is 0.312 e. The van der Waals surface area contributed by atoms with Crippen LogP contribution in [0.4, 0.5) is 0 Å². The first-order valence-corrected chi connectivity index (χ1v) is 7.92. The van der Waals surface area contributed by atoms with Crippen LogP contribution in [0.15, 0.2) is 10.9 Å². The molecule has 0 aliphatic heterocycles. The van der Waals surface area contributed by atoms with Gasteiger partial charge in [-0.3, -0.25) is 4.79 Å². The molecular formula is C17H28N2O. The molecule has 0 atom stereocenters. The van der Waals surface area contributed by atoms with E-state index in [4.69, 9.17) is 0 Å². The highest BCUT2D eigenvalue weighted by Crippen LogP contribution is 2.18. The number of nitrogens with one attached hydrogen (secondary N) is 1. The average Bonchev–Trinajstić information content (AvgIpc) is 2.87. The second kappa shape index (κ2) is 6.57. The molecule has 0 aromatic carbocycles. The van der Waals surface area contributed by atoms with Crippen LogP contribution in [0.1, 0.15) is 56.4 Å². The minimum Gasteiger partial charge on any atom is -0.312 e. The van der Waals surface area contributed by atoms with Gasteiger partial charge in [0, 0.05) is 30.4 Å². The molecule has 1 heterocycles. The predicted octanol–water partition coefficient (Wildman–Crippen LogP) is 3.15. The lowest BCUT2D eigenvalue weighted by atomic mass is 10.1. The molecule has 0 saturated heterocycles. The van der Waals surface area contributed by atoms with Crippen LogP contribution in [0.2, 0.25) is 0 Å². The molecule has 2 rings (SSSR count). The van der Waals surface area contributed by atoms with Crippen LogP contribution < -0.4 is 10.9 Å². The summed E-state index contributed by atoms with van der Waals surface area (Å²) in [5, 5.41) is 3.57. The Balaban J connectivity index is 2.20. The lowest BCUT2D eigenvalue weighted by Crippen LogP contribution is -2.33. The van der Waals surface area contributed by atoms with Gasteiger partial charge in [-0.05, 0) is 44.2 Å². The lowest BCUT2D eigenvalue weighted by Gasteiger charge is -2.18. The topological polar surface area (TPSA) is 34.0 Å². The van der Waals surface area contributed by atoms with Crippen LogP contribution in [-0.4, -0.2) is 10.6 Å². The molecule has 1 aliphatic rings. The molecule has 3 heteroatoms. The van der Waals surface area contributed by atoms with Gasteiger partial charge < -0.3 is 9.88 Å². The Labute approximate surface area is 122 Å². The van der Waals surface area contributed by atoms with Gasteiger partial charge in [-0.1, -0.05) is 26.7 Å². The number of rotatable bonds is 5. The number of hydrogen-bond donors (Lipinski definition) is 1. The molecule has 1 saturated carbocycles. The summed E-state index contributed by atoms with van der Waals surface area (Å²) in [7, 11) is 0. The quantitative estimate of drug-likeness (QED) is 0.896. The Morgan fingerprint density at radius 3 is 2.55 bits per heavy atom. The first kappa shape index (κ1) is 15.3. The first-order chi connectivity index (χ1) is 9.49. The van der Waals surface area contributed by atoms with Crippen molar-refractivity contribution in [3.8, 4) is 0 Å². The maximum Gasteiger partial charge on any atom is 0.255 e. The molecule has 0 amide bonds. The summed E-state index contributed by atoms with van der Waals surface area (Å²) < 4.78 is 1.93. The summed E-state index contributed by atoms with van der Waals surface area (Å²) in [5.41, 5.74) is 3.34. The molecule has 0 bridgehead atoms. The van der Waals surface area contributed by atoms with Crippen molar-refractivity contribution in [3.05, 3.63) is 33.2 Å². The van der Waals surface area contributed by atoms with Gasteiger partial charge in [-0.15, -0.1) is 0 Å². The summed E-state index contributed by atoms with van der Waals surface area (Å²) in [5.74, 6) is 0.491. The second-order valence-corrected chi connectivity index (χ2v) is 6.62. The fourth-order valence-corrected chi connectivity index (χ4v) is 3.15. The number of pyridine rings is 1. The SMILES string of the molecule is Cc1cc(C)n(CC(C)C)c(=O)c1CNC1CCCC1. The minimum atomic E-state index is 0.196. The van der Waals surface area contributed by atoms with E-state index in [1.54, 1.807) is 0 Å². The highest BCUT2D eigenvalue weighted by molar-refractivity contribution is 5.26. The number of aromatic nitrogens is 1. The average molecular weight is 276 g/mol. The van der Waals surface area contributed by atoms with Gasteiger partial charge in [0.1, 0.15) is 0 Å². The second-order valence-electron chi connectivity index (χ2n) is 6.62. The van der Waals surface area contributed by atoms with Gasteiger partial charge in [0.2, 0.25) is 0 Å². The van der Waals surface area contributed by atoms with Crippen molar-refractivity contribution in [2.24, 2.45) is 5.92 Å². The van der Waals surface area contributed by atoms with Gasteiger partial charge in [-0.25, -0.2) is 0 Å². The van der Waals surface area contributed by atoms with E-state index < -0.39 is 0 Å². The summed E-state index contributed by atoms with van der Waals surface area (Å²) in [4.78, 5) is 12.7. The third-order valence-corrected chi connectivity index (χ3v) is 4.30. The zero-order valence-corrected chi connectivity index (χ0v) is 13.3. The normalized spacial score (nSPS) is 16.2. The fourth-order valence-electron chi connectivity index (χ4n) is 3.15. The summed E-state index contributed by atoms with van der Waals surface area (Å²) in [6.45, 7) is 9.92. The van der Waals surface area contributed by atoms with Gasteiger partial charge in [0.25, 0.3) is 5.56 Å². The molecule has 1 aliphatic carbocycles. The Morgan fingerprint density at radius 1 is 1.30 bits per heavy atom. The van der Waals surface area contributed by atoms with Crippen molar-refractivity contribution < 1.29 is 0 Å². The van der Waals surface area contributed by atoms with E-state index in [0.29, 0.717) is 18.5 Å². The van der Waals surface area contributed by atoms with Crippen LogP contribution in [-0.2, 0) is 13.1 Å². The number of hydrogen-bond acceptors (Lipinski definition) is 2. The van der Waals surface area contributed by atoms with Gasteiger partial charge >= 0.3 is 0 Å². The molecule has 1 fully saturated rings. The van der Waals surface area contributed by atoms with E-state index in [1.807, 2.05) is 11.5 Å². The van der Waals surface area contributed by atoms with Crippen molar-refractivity contribution in [2.75, 3.05) is 0 Å². The fraction of sp³-hybridized carbons (Fsp3) is 0.706. The van der Waals surface area contributed by atoms with Gasteiger partial charge in [0.05, 0.1) is 0 Å². The molecule has 112 valence electrons. The van der Waals surface area contributed by atoms with Gasteiger partial charge in [0.15, 0.2) is 0 Å². The standard InChI is InChI=1S/C17H28N2O/c1-12(2)11-19-14(4)9-13(3)16(17(19)20)10-18-15-7-5-6-8-15/h9,12,15,18H,5-8,10-11H2,1-4H3. The van der Waals surface area contributed by atoms with E-state index in [9.17, 15) is 4.79 Å². The maximum absolute atomic E-state index is 12.7. The van der Waals surface area contributed by atoms with Gasteiger partial charge in [-0.2, -0.15) is 0 Å². The highest BCUT2D eigenvalue weighted by atomic mass is 16.1. The van der Waals surface area contributed by atoms with Crippen LogP contribution >= 0.6 is 0 Å². The van der Waals surface area contributed by atoms with E-state index >= 15 is 0 Å². The lowest BCUT2D eigenvalue weighted by molar-refractivity contribution is 0.488. The third-order valence-electron chi connectivity index (χ3n) is 4.30. The molecular weight excluding hydrogens is 248 g/mol. The molecule has 0 spiro atoms. The van der Waals surface area contributed by atoms with Crippen LogP contribution in [0, 0.1) is 19.8 Å². The monoisotopic (exact) mass is 276 g/mol. The van der Waals surface area contributed by atoms with Crippen molar-refractivity contribution in [1.82, 2.24) is 9.88 Å². The number of aryl methyl sites for hydroxylation is 2. The molecule has 0 radical (unpaired) electrons. The van der Waals surface area contributed by atoms with E-state index in [-0.39, 0.29) is 5.56 Å². The van der Waals surface area contributed by atoms with Crippen molar-refractivity contribution in [2.45, 2.75) is 72.5 Å². The Hall–Kier alpha value is -1.09. The number of nitrogens with zero attached hydrogens (tertiary/aromatic N) is 1. The first-order valence-electron chi connectivity index (χ1n) is 7.92. The van der Waals surface area contributed by atoms with Crippen molar-refractivity contribution >= 4 is 0 Å². The maximum atomic E-state index is 12.7. The van der Waals surface area contributed by atoms with E-state index in [0.717, 1.165) is 23.4 Å². The molecule has 1 aromatic heterocycles. The van der Waals surface area contributed by atoms with E-state index in [1.165, 1.54) is 25.7 Å². The van der Waals surface area contributed by atoms with Crippen LogP contribution in [0.5, 0.6) is 0 Å². The molecule has 0 unspecified atom stereocenters. The summed E-state index contributed by atoms with van der Waals surface area (Å²) in [6.07, 6.45) is 5.15. The van der Waals surface area contributed by atoms with Crippen LogP contribution in [0.25, 0.3) is 0 Å². The molecule has 1 N–H and O–H groups in total. The van der Waals surface area contributed by atoms with Crippen molar-refractivity contribution in [3.63, 3.8) is 0 Å². The molecule has 3 nitrogen and oxygen atoms in total. The molecule has 1 aromatic rings. The Kier molecular flexibility index (Phi) is 5.03. The molecule has 20 heavy (non-hydrogen) atoms. The predicted molar refractivity (Wildman–Crippen MR) is 84.1 cm³/mol. The summed E-state index contributed by atoms with van der Waals surface area (Å²) in [6, 6.07) is 2.75.